The van der Waals surface area contributed by atoms with E-state index in [0.29, 0.717) is 0 Å². The van der Waals surface area contributed by atoms with Gasteiger partial charge in [-0.05, 0) is 32.1 Å². The van der Waals surface area contributed by atoms with E-state index in [0.717, 1.165) is 26.7 Å². The number of aliphatic hydroxyl groups is 10. The Bertz CT molecular complexity index is 1860. The minimum atomic E-state index is -1.80. The molecule has 0 bridgehead atoms. The van der Waals surface area contributed by atoms with Crippen molar-refractivity contribution in [3.63, 3.8) is 0 Å². The number of hydrogen-bond donors (Lipinski definition) is 10. The van der Waals surface area contributed by atoms with Crippen molar-refractivity contribution in [3.8, 4) is 0 Å². The lowest BCUT2D eigenvalue weighted by Gasteiger charge is -2.42. The highest BCUT2D eigenvalue weighted by molar-refractivity contribution is 5.91. The van der Waals surface area contributed by atoms with Gasteiger partial charge in [-0.3, -0.25) is 9.59 Å². The minimum absolute atomic E-state index is 0.100. The molecule has 0 aromatic carbocycles. The lowest BCUT2D eigenvalue weighted by molar-refractivity contribution is -0.327. The van der Waals surface area contributed by atoms with E-state index in [4.69, 9.17) is 47.4 Å². The maximum Gasteiger partial charge on any atom is 0.337 e. The minimum Gasteiger partial charge on any atom is -0.468 e. The van der Waals surface area contributed by atoms with Gasteiger partial charge in [-0.15, -0.1) is 0 Å². The lowest BCUT2D eigenvalue weighted by atomic mass is 9.82. The molecule has 24 heteroatoms. The second-order valence-corrected chi connectivity index (χ2v) is 17.1. The van der Waals surface area contributed by atoms with Gasteiger partial charge < -0.3 is 98.4 Å². The molecule has 68 heavy (non-hydrogen) atoms. The zero-order valence-electron chi connectivity index (χ0n) is 38.1. The fraction of sp³-hybridized carbons (Fsp3) is 0.727. The first-order valence-electron chi connectivity index (χ1n) is 22.1. The molecule has 0 aromatic rings. The molecule has 0 amide bonds. The van der Waals surface area contributed by atoms with Crippen molar-refractivity contribution in [2.24, 2.45) is 35.5 Å². The number of carbonyl (C=O) groups is 4. The van der Waals surface area contributed by atoms with E-state index in [1.807, 2.05) is 0 Å². The van der Waals surface area contributed by atoms with Gasteiger partial charge in [0, 0.05) is 48.0 Å². The smallest absolute Gasteiger partial charge is 0.337 e. The summed E-state index contributed by atoms with van der Waals surface area (Å²) in [5, 5.41) is 102. The van der Waals surface area contributed by atoms with Crippen LogP contribution in [-0.2, 0) is 66.5 Å². The van der Waals surface area contributed by atoms with E-state index in [2.05, 4.69) is 0 Å². The Labute approximate surface area is 390 Å². The Morgan fingerprint density at radius 3 is 1.51 bits per heavy atom. The van der Waals surface area contributed by atoms with Crippen LogP contribution in [0.1, 0.15) is 40.0 Å². The number of rotatable bonds is 18. The standard InChI is InChI=1S/C44H64O24/c1-6-20-23(26(39(57)59-4)16-62-41(20)67-43-37(55)35(53)33(51)29(13-47)65-43)9-31(49)61-15-25-18(3)28(8-22(25)19(11-45)12-46)64-32(50)10-24-21(7-2)42(63-17-27(24)40(58)60-5)68-44-38(56)36(54)34(52)30(14-48)66-44/h6-7,16-19,22-25,28-30,33-38,41-48,51-56H,8-15H2,1-5H3/b20-6+,21-7+/t18-,22+,23+,24+,25-,28-,29-,30-,33-,34-,35+,36+,37-,38-,41+,42+,43+,44+/m1/s1. The Morgan fingerprint density at radius 1 is 0.676 bits per heavy atom. The summed E-state index contributed by atoms with van der Waals surface area (Å²) in [6.45, 7) is 2.16. The van der Waals surface area contributed by atoms with Crippen LogP contribution >= 0.6 is 0 Å². The van der Waals surface area contributed by atoms with E-state index in [1.54, 1.807) is 20.8 Å². The molecule has 3 fully saturated rings. The number of methoxy groups -OCH3 is 2. The highest BCUT2D eigenvalue weighted by atomic mass is 16.8. The molecule has 4 heterocycles. The van der Waals surface area contributed by atoms with Crippen LogP contribution < -0.4 is 0 Å². The second-order valence-electron chi connectivity index (χ2n) is 17.1. The average molecular weight is 977 g/mol. The van der Waals surface area contributed by atoms with Crippen LogP contribution in [0.5, 0.6) is 0 Å². The van der Waals surface area contributed by atoms with Crippen LogP contribution in [0.25, 0.3) is 0 Å². The van der Waals surface area contributed by atoms with Crippen molar-refractivity contribution in [2.45, 2.75) is 120 Å². The van der Waals surface area contributed by atoms with E-state index in [9.17, 15) is 70.2 Å². The number of esters is 4. The molecule has 0 aromatic heterocycles. The molecular weight excluding hydrogens is 912 g/mol. The Hall–Kier alpha value is -4.12. The zero-order chi connectivity index (χ0) is 50.1. The molecule has 0 spiro atoms. The number of allylic oxidation sites excluding steroid dienone is 2. The summed E-state index contributed by atoms with van der Waals surface area (Å²) in [6.07, 6.45) is -15.9. The summed E-state index contributed by atoms with van der Waals surface area (Å²) in [7, 11) is 2.23. The number of aliphatic hydroxyl groups excluding tert-OH is 10. The Morgan fingerprint density at radius 2 is 1.12 bits per heavy atom. The van der Waals surface area contributed by atoms with Crippen molar-refractivity contribution >= 4 is 23.9 Å². The van der Waals surface area contributed by atoms with Crippen LogP contribution in [0.15, 0.2) is 47.0 Å². The first-order valence-corrected chi connectivity index (χ1v) is 22.1. The van der Waals surface area contributed by atoms with Crippen LogP contribution in [-0.4, -0.2) is 202 Å². The van der Waals surface area contributed by atoms with Crippen LogP contribution in [0, 0.1) is 35.5 Å². The van der Waals surface area contributed by atoms with E-state index in [-0.39, 0.29) is 35.3 Å². The molecular formula is C44H64O24. The van der Waals surface area contributed by atoms with Crippen molar-refractivity contribution in [1.29, 1.82) is 0 Å². The SMILES string of the molecule is C/C=C1/[C@H](O[C@@H]2O[C@H](CO)[C@@H](O)[C@H](O)[C@H]2O)OC=C(C(=O)OC)[C@H]1CC(=O)OC[C@@H]1[C@@H](C)[C@H](OC(=O)C[C@@H]2C(C(=O)OC)=CO[C@@H](O[C@@H]3O[C@H](CO)[C@@H](O)[C@H](O)[C@H]3O)/C2=C/C)C[C@H]1C(CO)CO. The summed E-state index contributed by atoms with van der Waals surface area (Å²) in [5.41, 5.74) is 0.168. The van der Waals surface area contributed by atoms with Gasteiger partial charge in [0.2, 0.25) is 12.6 Å². The molecule has 5 rings (SSSR count). The summed E-state index contributed by atoms with van der Waals surface area (Å²) >= 11 is 0. The third-order valence-corrected chi connectivity index (χ3v) is 13.3. The van der Waals surface area contributed by atoms with Gasteiger partial charge in [0.05, 0.1) is 70.6 Å². The topological polar surface area (TPSA) is 363 Å². The molecule has 0 radical (unpaired) electrons. The third-order valence-electron chi connectivity index (χ3n) is 13.3. The predicted octanol–water partition coefficient (Wildman–Crippen LogP) is -3.32. The molecule has 1 saturated carbocycles. The van der Waals surface area contributed by atoms with E-state index < -0.39 is 179 Å². The van der Waals surface area contributed by atoms with Gasteiger partial charge in [0.1, 0.15) is 54.9 Å². The summed E-state index contributed by atoms with van der Waals surface area (Å²) in [4.78, 5) is 53.5. The first kappa shape index (κ1) is 54.8. The Balaban J connectivity index is 1.29. The molecule has 4 aliphatic heterocycles. The molecule has 18 atom stereocenters. The monoisotopic (exact) mass is 976 g/mol. The fourth-order valence-corrected chi connectivity index (χ4v) is 9.27. The fourth-order valence-electron chi connectivity index (χ4n) is 9.27. The summed E-state index contributed by atoms with van der Waals surface area (Å²) in [6, 6.07) is 0. The highest BCUT2D eigenvalue weighted by Gasteiger charge is 2.50. The van der Waals surface area contributed by atoms with Crippen LogP contribution in [0.2, 0.25) is 0 Å². The molecule has 1 aliphatic carbocycles. The molecule has 24 nitrogen and oxygen atoms in total. The summed E-state index contributed by atoms with van der Waals surface area (Å²) < 4.78 is 55.5. The summed E-state index contributed by atoms with van der Waals surface area (Å²) in [5.74, 6) is -7.97. The van der Waals surface area contributed by atoms with Gasteiger partial charge in [0.15, 0.2) is 12.6 Å². The third kappa shape index (κ3) is 11.9. The molecule has 10 N–H and O–H groups in total. The van der Waals surface area contributed by atoms with Crippen molar-refractivity contribution in [1.82, 2.24) is 0 Å². The van der Waals surface area contributed by atoms with E-state index in [1.165, 1.54) is 12.2 Å². The van der Waals surface area contributed by atoms with Crippen LogP contribution in [0.4, 0.5) is 0 Å². The highest BCUT2D eigenvalue weighted by Crippen LogP contribution is 2.45. The van der Waals surface area contributed by atoms with Gasteiger partial charge >= 0.3 is 23.9 Å². The van der Waals surface area contributed by atoms with E-state index >= 15 is 0 Å². The van der Waals surface area contributed by atoms with Crippen molar-refractivity contribution < 1.29 is 118 Å². The molecule has 2 saturated heterocycles. The first-order chi connectivity index (χ1) is 32.4. The van der Waals surface area contributed by atoms with Crippen molar-refractivity contribution in [3.05, 3.63) is 47.0 Å². The number of hydrogen-bond acceptors (Lipinski definition) is 24. The zero-order valence-corrected chi connectivity index (χ0v) is 38.1. The van der Waals surface area contributed by atoms with Crippen molar-refractivity contribution in [2.75, 3.05) is 47.3 Å². The average Bonchev–Trinajstić information content (AvgIpc) is 3.63. The van der Waals surface area contributed by atoms with Crippen LogP contribution in [0.3, 0.4) is 0 Å². The normalized spacial score (nSPS) is 38.5. The lowest BCUT2D eigenvalue weighted by Crippen LogP contribution is -2.60. The Kier molecular flexibility index (Phi) is 19.9. The molecule has 0 unspecified atom stereocenters. The molecule has 5 aliphatic rings. The molecule has 384 valence electrons. The maximum atomic E-state index is 13.9. The quantitative estimate of drug-likeness (QED) is 0.0365. The second kappa shape index (κ2) is 24.6. The number of carbonyl (C=O) groups excluding carboxylic acids is 4. The van der Waals surface area contributed by atoms with Gasteiger partial charge in [0.25, 0.3) is 0 Å². The van der Waals surface area contributed by atoms with Gasteiger partial charge in [-0.25, -0.2) is 9.59 Å². The van der Waals surface area contributed by atoms with Gasteiger partial charge in [-0.2, -0.15) is 0 Å². The van der Waals surface area contributed by atoms with Gasteiger partial charge in [-0.1, -0.05) is 19.1 Å². The largest absolute Gasteiger partial charge is 0.468 e. The maximum absolute atomic E-state index is 13.9. The predicted molar refractivity (Wildman–Crippen MR) is 223 cm³/mol. The number of ether oxygens (including phenoxy) is 10.